The lowest BCUT2D eigenvalue weighted by Crippen LogP contribution is -2.24. The molecule has 2 aromatic carbocycles. The Hall–Kier alpha value is -3.68. The number of fused-ring (bicyclic) bond motifs is 1. The minimum absolute atomic E-state index is 0.0150. The molecule has 0 aliphatic rings. The van der Waals surface area contributed by atoms with Crippen LogP contribution in [0.4, 0.5) is 21.9 Å². The standard InChI is InChI=1S/C19H19N3O5/c1-20-16-12-6-4-5-7-14(12)27-18(23)17(16)22-19(24)21-13-9-8-11(25-2)10-15(13)26-3/h4-10,20H,1-3H3,(H2,21,22,24). The fourth-order valence-electron chi connectivity index (χ4n) is 2.69. The van der Waals surface area contributed by atoms with Crippen molar-refractivity contribution in [3.05, 3.63) is 52.9 Å². The minimum Gasteiger partial charge on any atom is -0.497 e. The quantitative estimate of drug-likeness (QED) is 0.595. The molecule has 0 bridgehead atoms. The number of amides is 2. The van der Waals surface area contributed by atoms with Crippen LogP contribution in [-0.2, 0) is 0 Å². The van der Waals surface area contributed by atoms with E-state index in [0.29, 0.717) is 33.8 Å². The van der Waals surface area contributed by atoms with E-state index in [0.717, 1.165) is 0 Å². The normalized spacial score (nSPS) is 10.3. The van der Waals surface area contributed by atoms with Crippen LogP contribution in [0.5, 0.6) is 11.5 Å². The lowest BCUT2D eigenvalue weighted by Gasteiger charge is -2.14. The Morgan fingerprint density at radius 2 is 1.78 bits per heavy atom. The van der Waals surface area contributed by atoms with Crippen LogP contribution in [0, 0.1) is 0 Å². The molecule has 2 amide bonds. The molecule has 8 heteroatoms. The first-order chi connectivity index (χ1) is 13.1. The zero-order valence-electron chi connectivity index (χ0n) is 15.1. The molecule has 0 fully saturated rings. The zero-order chi connectivity index (χ0) is 19.4. The van der Waals surface area contributed by atoms with Crippen molar-refractivity contribution in [2.75, 3.05) is 37.2 Å². The van der Waals surface area contributed by atoms with Gasteiger partial charge in [0.15, 0.2) is 5.69 Å². The Morgan fingerprint density at radius 3 is 2.48 bits per heavy atom. The molecule has 140 valence electrons. The van der Waals surface area contributed by atoms with Gasteiger partial charge in [-0.15, -0.1) is 0 Å². The van der Waals surface area contributed by atoms with Crippen LogP contribution >= 0.6 is 0 Å². The van der Waals surface area contributed by atoms with Gasteiger partial charge >= 0.3 is 11.7 Å². The summed E-state index contributed by atoms with van der Waals surface area (Å²) in [5.41, 5.74) is 0.677. The molecule has 0 spiro atoms. The highest BCUT2D eigenvalue weighted by atomic mass is 16.5. The Labute approximate surface area is 155 Å². The van der Waals surface area contributed by atoms with E-state index in [-0.39, 0.29) is 5.69 Å². The molecule has 0 atom stereocenters. The van der Waals surface area contributed by atoms with Gasteiger partial charge in [-0.25, -0.2) is 9.59 Å². The summed E-state index contributed by atoms with van der Waals surface area (Å²) in [5.74, 6) is 1.01. The molecule has 3 rings (SSSR count). The van der Waals surface area contributed by atoms with Crippen molar-refractivity contribution in [1.29, 1.82) is 0 Å². The third-order valence-electron chi connectivity index (χ3n) is 3.96. The van der Waals surface area contributed by atoms with Crippen molar-refractivity contribution in [2.24, 2.45) is 0 Å². The molecular weight excluding hydrogens is 350 g/mol. The first kappa shape index (κ1) is 18.1. The van der Waals surface area contributed by atoms with Gasteiger partial charge in [0.2, 0.25) is 0 Å². The molecule has 0 aliphatic heterocycles. The van der Waals surface area contributed by atoms with E-state index < -0.39 is 11.7 Å². The maximum absolute atomic E-state index is 12.4. The van der Waals surface area contributed by atoms with Crippen LogP contribution in [0.1, 0.15) is 0 Å². The van der Waals surface area contributed by atoms with Gasteiger partial charge in [-0.1, -0.05) is 12.1 Å². The van der Waals surface area contributed by atoms with Gasteiger partial charge in [0, 0.05) is 18.5 Å². The second kappa shape index (κ2) is 7.69. The monoisotopic (exact) mass is 369 g/mol. The molecule has 0 aliphatic carbocycles. The van der Waals surface area contributed by atoms with Crippen molar-refractivity contribution in [2.45, 2.75) is 0 Å². The predicted molar refractivity (Wildman–Crippen MR) is 104 cm³/mol. The summed E-state index contributed by atoms with van der Waals surface area (Å²) < 4.78 is 15.7. The highest BCUT2D eigenvalue weighted by Gasteiger charge is 2.17. The number of methoxy groups -OCH3 is 2. The van der Waals surface area contributed by atoms with Crippen LogP contribution in [0.25, 0.3) is 11.0 Å². The lowest BCUT2D eigenvalue weighted by molar-refractivity contribution is 0.262. The van der Waals surface area contributed by atoms with Crippen LogP contribution in [0.3, 0.4) is 0 Å². The molecule has 0 unspecified atom stereocenters. The molecule has 1 heterocycles. The Bertz CT molecular complexity index is 1050. The van der Waals surface area contributed by atoms with Gasteiger partial charge in [-0.2, -0.15) is 0 Å². The molecule has 0 saturated heterocycles. The third kappa shape index (κ3) is 3.64. The summed E-state index contributed by atoms with van der Waals surface area (Å²) in [6, 6.07) is 11.4. The summed E-state index contributed by atoms with van der Waals surface area (Å²) in [6.07, 6.45) is 0. The smallest absolute Gasteiger partial charge is 0.362 e. The van der Waals surface area contributed by atoms with Crippen LogP contribution in [0.2, 0.25) is 0 Å². The molecule has 3 aromatic rings. The molecule has 0 radical (unpaired) electrons. The lowest BCUT2D eigenvalue weighted by atomic mass is 10.2. The molecule has 8 nitrogen and oxygen atoms in total. The molecular formula is C19H19N3O5. The number of carbonyl (C=O) groups excluding carboxylic acids is 1. The number of nitrogens with one attached hydrogen (secondary N) is 3. The summed E-state index contributed by atoms with van der Waals surface area (Å²) in [6.45, 7) is 0. The Balaban J connectivity index is 1.91. The highest BCUT2D eigenvalue weighted by molar-refractivity contribution is 6.06. The average Bonchev–Trinajstić information content (AvgIpc) is 2.68. The fraction of sp³-hybridized carbons (Fsp3) is 0.158. The Kier molecular flexibility index (Phi) is 5.16. The fourth-order valence-corrected chi connectivity index (χ4v) is 2.69. The number of hydrogen-bond acceptors (Lipinski definition) is 6. The summed E-state index contributed by atoms with van der Waals surface area (Å²) in [7, 11) is 4.68. The molecule has 0 saturated carbocycles. The Morgan fingerprint density at radius 1 is 1.00 bits per heavy atom. The minimum atomic E-state index is -0.658. The van der Waals surface area contributed by atoms with E-state index in [9.17, 15) is 9.59 Å². The number of urea groups is 1. The summed E-state index contributed by atoms with van der Waals surface area (Å²) >= 11 is 0. The van der Waals surface area contributed by atoms with E-state index >= 15 is 0 Å². The number of hydrogen-bond donors (Lipinski definition) is 3. The zero-order valence-corrected chi connectivity index (χ0v) is 15.1. The molecule has 3 N–H and O–H groups in total. The van der Waals surface area contributed by atoms with Crippen molar-refractivity contribution < 1.29 is 18.7 Å². The first-order valence-electron chi connectivity index (χ1n) is 8.11. The van der Waals surface area contributed by atoms with Crippen molar-refractivity contribution in [1.82, 2.24) is 0 Å². The van der Waals surface area contributed by atoms with Crippen LogP contribution < -0.4 is 31.0 Å². The largest absolute Gasteiger partial charge is 0.497 e. The number of carbonyl (C=O) groups is 1. The van der Waals surface area contributed by atoms with Gasteiger partial charge in [-0.3, -0.25) is 5.32 Å². The second-order valence-corrected chi connectivity index (χ2v) is 5.53. The van der Waals surface area contributed by atoms with E-state index in [2.05, 4.69) is 16.0 Å². The van der Waals surface area contributed by atoms with Gasteiger partial charge in [-0.05, 0) is 24.3 Å². The van der Waals surface area contributed by atoms with Crippen LogP contribution in [-0.4, -0.2) is 27.3 Å². The molecule has 1 aromatic heterocycles. The van der Waals surface area contributed by atoms with Gasteiger partial charge in [0.1, 0.15) is 17.1 Å². The number of rotatable bonds is 5. The number of ether oxygens (including phenoxy) is 2. The SMILES string of the molecule is CNc1c(NC(=O)Nc2ccc(OC)cc2OC)c(=O)oc2ccccc12. The number of benzene rings is 2. The summed E-state index contributed by atoms with van der Waals surface area (Å²) in [4.78, 5) is 24.8. The third-order valence-corrected chi connectivity index (χ3v) is 3.96. The van der Waals surface area contributed by atoms with E-state index in [1.807, 2.05) is 6.07 Å². The van der Waals surface area contributed by atoms with Crippen molar-refractivity contribution >= 4 is 34.1 Å². The van der Waals surface area contributed by atoms with E-state index in [1.165, 1.54) is 14.2 Å². The van der Waals surface area contributed by atoms with E-state index in [4.69, 9.17) is 13.9 Å². The van der Waals surface area contributed by atoms with Gasteiger partial charge in [0.25, 0.3) is 0 Å². The molecule has 27 heavy (non-hydrogen) atoms. The maximum atomic E-state index is 12.4. The first-order valence-corrected chi connectivity index (χ1v) is 8.11. The topological polar surface area (TPSA) is 102 Å². The van der Waals surface area contributed by atoms with Crippen molar-refractivity contribution in [3.63, 3.8) is 0 Å². The highest BCUT2D eigenvalue weighted by Crippen LogP contribution is 2.30. The van der Waals surface area contributed by atoms with Crippen LogP contribution in [0.15, 0.2) is 51.7 Å². The van der Waals surface area contributed by atoms with Gasteiger partial charge in [0.05, 0.1) is 25.6 Å². The number of para-hydroxylation sites is 1. The predicted octanol–water partition coefficient (Wildman–Crippen LogP) is 3.50. The van der Waals surface area contributed by atoms with E-state index in [1.54, 1.807) is 43.4 Å². The van der Waals surface area contributed by atoms with Crippen molar-refractivity contribution in [3.8, 4) is 11.5 Å². The van der Waals surface area contributed by atoms with Gasteiger partial charge < -0.3 is 24.5 Å². The average molecular weight is 369 g/mol. The second-order valence-electron chi connectivity index (χ2n) is 5.53. The maximum Gasteiger partial charge on any atom is 0.362 e. The summed E-state index contributed by atoms with van der Waals surface area (Å²) in [5, 5.41) is 8.81. The number of anilines is 3.